The van der Waals surface area contributed by atoms with Gasteiger partial charge in [0.25, 0.3) is 5.91 Å². The van der Waals surface area contributed by atoms with Gasteiger partial charge in [-0.2, -0.15) is 0 Å². The van der Waals surface area contributed by atoms with Gasteiger partial charge in [-0.1, -0.05) is 0 Å². The second-order valence-electron chi connectivity index (χ2n) is 7.23. The Morgan fingerprint density at radius 3 is 2.70 bits per heavy atom. The number of rotatable bonds is 6. The van der Waals surface area contributed by atoms with E-state index in [1.165, 1.54) is 6.42 Å². The largest absolute Gasteiger partial charge is 0.376 e. The van der Waals surface area contributed by atoms with Gasteiger partial charge in [0.05, 0.1) is 11.7 Å². The maximum atomic E-state index is 12.9. The van der Waals surface area contributed by atoms with Gasteiger partial charge in [-0.25, -0.2) is 0 Å². The van der Waals surface area contributed by atoms with Crippen LogP contribution < -0.4 is 15.5 Å². The molecule has 3 rings (SSSR count). The van der Waals surface area contributed by atoms with Crippen LogP contribution in [0.4, 0.5) is 11.4 Å². The summed E-state index contributed by atoms with van der Waals surface area (Å²) >= 11 is 5.84. The molecule has 0 spiro atoms. The van der Waals surface area contributed by atoms with Crippen LogP contribution in [0.3, 0.4) is 0 Å². The van der Waals surface area contributed by atoms with Crippen molar-refractivity contribution in [2.45, 2.75) is 50.5 Å². The van der Waals surface area contributed by atoms with Gasteiger partial charge in [-0.3, -0.25) is 9.59 Å². The molecule has 148 valence electrons. The molecule has 6 nitrogen and oxygen atoms in total. The average Bonchev–Trinajstić information content (AvgIpc) is 3.20. The molecule has 0 aromatic heterocycles. The summed E-state index contributed by atoms with van der Waals surface area (Å²) in [6.07, 6.45) is 5.57. The van der Waals surface area contributed by atoms with Gasteiger partial charge in [0, 0.05) is 37.6 Å². The summed E-state index contributed by atoms with van der Waals surface area (Å²) in [5.41, 5.74) is 2.07. The Hall–Kier alpha value is -1.79. The standard InChI is InChI=1S/C20H28ClN3O3/c1-14(21)19(25)23-15-7-8-18(24-9-3-2-4-10-24)17(12-15)20(26)22-13-16-6-5-11-27-16/h7-8,12,14,16H,2-6,9-11,13H2,1H3,(H,22,26)(H,23,25)/t14-,16-/m1/s1. The third kappa shape index (κ3) is 5.36. The highest BCUT2D eigenvalue weighted by Gasteiger charge is 2.22. The summed E-state index contributed by atoms with van der Waals surface area (Å²) in [6.45, 7) is 4.77. The molecular formula is C20H28ClN3O3. The third-order valence-corrected chi connectivity index (χ3v) is 5.28. The number of nitrogens with one attached hydrogen (secondary N) is 2. The highest BCUT2D eigenvalue weighted by Crippen LogP contribution is 2.27. The van der Waals surface area contributed by atoms with Crippen LogP contribution in [0.5, 0.6) is 0 Å². The maximum Gasteiger partial charge on any atom is 0.253 e. The van der Waals surface area contributed by atoms with E-state index >= 15 is 0 Å². The molecular weight excluding hydrogens is 366 g/mol. The van der Waals surface area contributed by atoms with Crippen molar-refractivity contribution in [3.8, 4) is 0 Å². The molecule has 2 atom stereocenters. The molecule has 27 heavy (non-hydrogen) atoms. The predicted octanol–water partition coefficient (Wildman–Crippen LogP) is 3.15. The Morgan fingerprint density at radius 2 is 2.04 bits per heavy atom. The van der Waals surface area contributed by atoms with E-state index < -0.39 is 5.38 Å². The zero-order chi connectivity index (χ0) is 19.2. The first-order valence-electron chi connectivity index (χ1n) is 9.78. The highest BCUT2D eigenvalue weighted by molar-refractivity contribution is 6.32. The number of hydrogen-bond donors (Lipinski definition) is 2. The van der Waals surface area contributed by atoms with Crippen molar-refractivity contribution < 1.29 is 14.3 Å². The minimum Gasteiger partial charge on any atom is -0.376 e. The average molecular weight is 394 g/mol. The number of halogens is 1. The smallest absolute Gasteiger partial charge is 0.253 e. The lowest BCUT2D eigenvalue weighted by atomic mass is 10.1. The fourth-order valence-corrected chi connectivity index (χ4v) is 3.61. The Labute approximate surface area is 165 Å². The van der Waals surface area contributed by atoms with E-state index in [1.807, 2.05) is 12.1 Å². The Kier molecular flexibility index (Phi) is 6.96. The summed E-state index contributed by atoms with van der Waals surface area (Å²) in [4.78, 5) is 27.1. The van der Waals surface area contributed by atoms with Crippen LogP contribution in [0, 0.1) is 0 Å². The minimum absolute atomic E-state index is 0.0902. The number of carbonyl (C=O) groups excluding carboxylic acids is 2. The van der Waals surface area contributed by atoms with Crippen LogP contribution in [0.25, 0.3) is 0 Å². The summed E-state index contributed by atoms with van der Waals surface area (Å²) < 4.78 is 5.59. The van der Waals surface area contributed by atoms with Crippen molar-refractivity contribution in [3.05, 3.63) is 23.8 Å². The third-order valence-electron chi connectivity index (χ3n) is 5.08. The molecule has 0 saturated carbocycles. The molecule has 0 unspecified atom stereocenters. The van der Waals surface area contributed by atoms with Gasteiger partial charge in [-0.15, -0.1) is 11.6 Å². The molecule has 0 bridgehead atoms. The first kappa shape index (κ1) is 20.0. The van der Waals surface area contributed by atoms with Gasteiger partial charge >= 0.3 is 0 Å². The Morgan fingerprint density at radius 1 is 1.26 bits per heavy atom. The SMILES string of the molecule is C[C@@H](Cl)C(=O)Nc1ccc(N2CCCCC2)c(C(=O)NC[C@H]2CCCO2)c1. The van der Waals surface area contributed by atoms with Crippen molar-refractivity contribution in [1.29, 1.82) is 0 Å². The number of hydrogen-bond acceptors (Lipinski definition) is 4. The zero-order valence-electron chi connectivity index (χ0n) is 15.8. The summed E-state index contributed by atoms with van der Waals surface area (Å²) in [5, 5.41) is 5.13. The van der Waals surface area contributed by atoms with Crippen LogP contribution in [-0.2, 0) is 9.53 Å². The van der Waals surface area contributed by atoms with E-state index in [1.54, 1.807) is 13.0 Å². The molecule has 2 N–H and O–H groups in total. The van der Waals surface area contributed by atoms with Crippen molar-refractivity contribution in [1.82, 2.24) is 5.32 Å². The van der Waals surface area contributed by atoms with Gasteiger partial charge in [0.2, 0.25) is 5.91 Å². The normalized spacial score (nSPS) is 21.0. The number of benzene rings is 1. The minimum atomic E-state index is -0.636. The lowest BCUT2D eigenvalue weighted by molar-refractivity contribution is -0.115. The summed E-state index contributed by atoms with van der Waals surface area (Å²) in [6, 6.07) is 5.49. The van der Waals surface area contributed by atoms with Crippen LogP contribution in [0.1, 0.15) is 49.4 Å². The molecule has 2 aliphatic rings. The molecule has 2 amide bonds. The number of nitrogens with zero attached hydrogens (tertiary/aromatic N) is 1. The number of amides is 2. The number of carbonyl (C=O) groups is 2. The number of anilines is 2. The maximum absolute atomic E-state index is 12.9. The topological polar surface area (TPSA) is 70.7 Å². The van der Waals surface area contributed by atoms with Gasteiger partial charge in [0.15, 0.2) is 0 Å². The van der Waals surface area contributed by atoms with Crippen LogP contribution in [0.2, 0.25) is 0 Å². The van der Waals surface area contributed by atoms with Gasteiger partial charge in [-0.05, 0) is 57.2 Å². The molecule has 2 saturated heterocycles. The highest BCUT2D eigenvalue weighted by atomic mass is 35.5. The van der Waals surface area contributed by atoms with E-state index in [0.29, 0.717) is 17.8 Å². The quantitative estimate of drug-likeness (QED) is 0.728. The van der Waals surface area contributed by atoms with Gasteiger partial charge in [0.1, 0.15) is 5.38 Å². The first-order chi connectivity index (χ1) is 13.0. The van der Waals surface area contributed by atoms with Crippen molar-refractivity contribution >= 4 is 34.8 Å². The fraction of sp³-hybridized carbons (Fsp3) is 0.600. The monoisotopic (exact) mass is 393 g/mol. The first-order valence-corrected chi connectivity index (χ1v) is 10.2. The lowest BCUT2D eigenvalue weighted by Gasteiger charge is -2.30. The molecule has 7 heteroatoms. The molecule has 0 aliphatic carbocycles. The van der Waals surface area contributed by atoms with E-state index in [9.17, 15) is 9.59 Å². The summed E-state index contributed by atoms with van der Waals surface area (Å²) in [7, 11) is 0. The number of ether oxygens (including phenoxy) is 1. The zero-order valence-corrected chi connectivity index (χ0v) is 16.6. The van der Waals surface area contributed by atoms with E-state index in [0.717, 1.165) is 51.1 Å². The number of piperidine rings is 1. The predicted molar refractivity (Wildman–Crippen MR) is 108 cm³/mol. The van der Waals surface area contributed by atoms with Crippen LogP contribution in [0.15, 0.2) is 18.2 Å². The van der Waals surface area contributed by atoms with Gasteiger partial charge < -0.3 is 20.3 Å². The van der Waals surface area contributed by atoms with Crippen molar-refractivity contribution in [3.63, 3.8) is 0 Å². The molecule has 1 aromatic carbocycles. The molecule has 1 aromatic rings. The number of alkyl halides is 1. The van der Waals surface area contributed by atoms with Crippen molar-refractivity contribution in [2.24, 2.45) is 0 Å². The Balaban J connectivity index is 1.78. The van der Waals surface area contributed by atoms with Crippen LogP contribution >= 0.6 is 11.6 Å². The van der Waals surface area contributed by atoms with E-state index in [4.69, 9.17) is 16.3 Å². The Bertz CT molecular complexity index is 668. The molecule has 2 aliphatic heterocycles. The lowest BCUT2D eigenvalue weighted by Crippen LogP contribution is -2.35. The second-order valence-corrected chi connectivity index (χ2v) is 7.88. The fourth-order valence-electron chi connectivity index (χ4n) is 3.56. The molecule has 0 radical (unpaired) electrons. The van der Waals surface area contributed by atoms with E-state index in [-0.39, 0.29) is 17.9 Å². The molecule has 2 fully saturated rings. The molecule has 2 heterocycles. The van der Waals surface area contributed by atoms with E-state index in [2.05, 4.69) is 15.5 Å². The van der Waals surface area contributed by atoms with Crippen LogP contribution in [-0.4, -0.2) is 49.5 Å². The second kappa shape index (κ2) is 9.42. The summed E-state index contributed by atoms with van der Waals surface area (Å²) in [5.74, 6) is -0.422. The van der Waals surface area contributed by atoms with Crippen molar-refractivity contribution in [2.75, 3.05) is 36.5 Å².